The average Bonchev–Trinajstić information content (AvgIpc) is 2.15. The molecule has 1 aromatic heterocycles. The molecule has 0 spiro atoms. The van der Waals surface area contributed by atoms with E-state index in [4.69, 9.17) is 17.3 Å². The second-order valence-corrected chi connectivity index (χ2v) is 3.02. The van der Waals surface area contributed by atoms with E-state index in [1.54, 1.807) is 0 Å². The number of aromatic nitrogens is 1. The van der Waals surface area contributed by atoms with Crippen molar-refractivity contribution in [3.05, 3.63) is 32.6 Å². The number of primary amides is 1. The van der Waals surface area contributed by atoms with Crippen molar-refractivity contribution in [3.8, 4) is 0 Å². The number of halogens is 3. The smallest absolute Gasteiger partial charge is 0.315 e. The minimum atomic E-state index is -3.15. The number of nitrogens with two attached hydrogens (primary N) is 1. The van der Waals surface area contributed by atoms with Crippen LogP contribution in [0.1, 0.15) is 22.5 Å². The SMILES string of the molecule is NC(=O)c1cc(C(F)F)c([N+](=O)[O-])c(Cl)n1. The largest absolute Gasteiger partial charge is 0.364 e. The normalized spacial score (nSPS) is 10.5. The third-order valence-electron chi connectivity index (χ3n) is 1.65. The summed E-state index contributed by atoms with van der Waals surface area (Å²) < 4.78 is 24.9. The molecule has 0 bridgehead atoms. The van der Waals surface area contributed by atoms with Gasteiger partial charge in [-0.2, -0.15) is 0 Å². The maximum Gasteiger partial charge on any atom is 0.315 e. The van der Waals surface area contributed by atoms with E-state index in [1.165, 1.54) is 0 Å². The number of carbonyl (C=O) groups is 1. The second-order valence-electron chi connectivity index (χ2n) is 2.66. The van der Waals surface area contributed by atoms with Crippen molar-refractivity contribution in [2.24, 2.45) is 5.73 Å². The molecule has 0 radical (unpaired) electrons. The van der Waals surface area contributed by atoms with Gasteiger partial charge in [0.1, 0.15) is 11.3 Å². The highest BCUT2D eigenvalue weighted by Crippen LogP contribution is 2.34. The molecule has 0 aliphatic heterocycles. The van der Waals surface area contributed by atoms with Crippen LogP contribution in [0.5, 0.6) is 0 Å². The maximum absolute atomic E-state index is 12.5. The van der Waals surface area contributed by atoms with Crippen LogP contribution < -0.4 is 5.73 Å². The Labute approximate surface area is 92.2 Å². The minimum absolute atomic E-state index is 0.550. The number of nitro groups is 1. The van der Waals surface area contributed by atoms with Gasteiger partial charge in [0.15, 0.2) is 0 Å². The molecule has 2 N–H and O–H groups in total. The lowest BCUT2D eigenvalue weighted by molar-refractivity contribution is -0.386. The first kappa shape index (κ1) is 12.2. The fourth-order valence-electron chi connectivity index (χ4n) is 0.999. The van der Waals surface area contributed by atoms with Crippen LogP contribution in [0, 0.1) is 10.1 Å². The molecule has 1 aromatic rings. The Morgan fingerprint density at radius 2 is 2.19 bits per heavy atom. The lowest BCUT2D eigenvalue weighted by Crippen LogP contribution is -2.14. The van der Waals surface area contributed by atoms with Crippen molar-refractivity contribution in [2.75, 3.05) is 0 Å². The molecule has 6 nitrogen and oxygen atoms in total. The van der Waals surface area contributed by atoms with Crippen molar-refractivity contribution in [3.63, 3.8) is 0 Å². The Morgan fingerprint density at radius 1 is 1.62 bits per heavy atom. The summed E-state index contributed by atoms with van der Waals surface area (Å²) in [5, 5.41) is 9.66. The van der Waals surface area contributed by atoms with Gasteiger partial charge in [0.05, 0.1) is 4.92 Å². The summed E-state index contributed by atoms with van der Waals surface area (Å²) in [5.41, 5.74) is 2.24. The number of pyridine rings is 1. The lowest BCUT2D eigenvalue weighted by atomic mass is 10.2. The average molecular weight is 252 g/mol. The molecule has 0 atom stereocenters. The summed E-state index contributed by atoms with van der Waals surface area (Å²) in [6, 6.07) is 0.553. The van der Waals surface area contributed by atoms with E-state index in [0.717, 1.165) is 0 Å². The van der Waals surface area contributed by atoms with Gasteiger partial charge in [0, 0.05) is 0 Å². The van der Waals surface area contributed by atoms with Gasteiger partial charge in [0.25, 0.3) is 12.3 Å². The van der Waals surface area contributed by atoms with Gasteiger partial charge in [0.2, 0.25) is 5.15 Å². The highest BCUT2D eigenvalue weighted by molar-refractivity contribution is 6.31. The monoisotopic (exact) mass is 251 g/mol. The Morgan fingerprint density at radius 3 is 2.56 bits per heavy atom. The number of hydrogen-bond acceptors (Lipinski definition) is 4. The Hall–Kier alpha value is -1.83. The lowest BCUT2D eigenvalue weighted by Gasteiger charge is -2.04. The van der Waals surface area contributed by atoms with Crippen LogP contribution in [0.2, 0.25) is 5.15 Å². The number of nitrogens with zero attached hydrogens (tertiary/aromatic N) is 2. The van der Waals surface area contributed by atoms with E-state index in [1.807, 2.05) is 0 Å². The molecule has 1 heterocycles. The van der Waals surface area contributed by atoms with E-state index in [9.17, 15) is 23.7 Å². The van der Waals surface area contributed by atoms with Crippen LogP contribution >= 0.6 is 11.6 Å². The molecule has 9 heteroatoms. The van der Waals surface area contributed by atoms with Gasteiger partial charge in [-0.1, -0.05) is 11.6 Å². The number of amides is 1. The maximum atomic E-state index is 12.5. The van der Waals surface area contributed by atoms with Crippen molar-refractivity contribution in [2.45, 2.75) is 6.43 Å². The fraction of sp³-hybridized carbons (Fsp3) is 0.143. The minimum Gasteiger partial charge on any atom is -0.364 e. The van der Waals surface area contributed by atoms with Crippen LogP contribution in [0.15, 0.2) is 6.07 Å². The molecule has 1 amide bonds. The molecule has 0 aliphatic carbocycles. The Bertz CT molecular complexity index is 466. The third-order valence-corrected chi connectivity index (χ3v) is 1.91. The van der Waals surface area contributed by atoms with Gasteiger partial charge < -0.3 is 5.73 Å². The zero-order valence-electron chi connectivity index (χ0n) is 7.49. The quantitative estimate of drug-likeness (QED) is 0.502. The van der Waals surface area contributed by atoms with Crippen LogP contribution in [-0.4, -0.2) is 15.8 Å². The second kappa shape index (κ2) is 4.35. The van der Waals surface area contributed by atoms with Crippen LogP contribution in [0.3, 0.4) is 0 Å². The molecule has 0 aromatic carbocycles. The zero-order chi connectivity index (χ0) is 12.5. The number of carbonyl (C=O) groups excluding carboxylic acids is 1. The van der Waals surface area contributed by atoms with Crippen molar-refractivity contribution < 1.29 is 18.5 Å². The summed E-state index contributed by atoms with van der Waals surface area (Å²) in [4.78, 5) is 23.3. The molecule has 0 fully saturated rings. The summed E-state index contributed by atoms with van der Waals surface area (Å²) >= 11 is 5.32. The van der Waals surface area contributed by atoms with E-state index in [2.05, 4.69) is 4.98 Å². The summed E-state index contributed by atoms with van der Waals surface area (Å²) in [7, 11) is 0. The molecule has 0 aliphatic rings. The molecular formula is C7H4ClF2N3O3. The number of alkyl halides is 2. The summed E-state index contributed by atoms with van der Waals surface area (Å²) in [6.07, 6.45) is -3.15. The van der Waals surface area contributed by atoms with Gasteiger partial charge in [-0.3, -0.25) is 14.9 Å². The first-order chi connectivity index (χ1) is 7.34. The standard InChI is InChI=1S/C7H4ClF2N3O3/c8-5-4(13(15)16)2(6(9)10)1-3(12-5)7(11)14/h1,6H,(H2,11,14). The first-order valence-electron chi connectivity index (χ1n) is 3.77. The third kappa shape index (κ3) is 2.22. The molecule has 0 saturated carbocycles. The van der Waals surface area contributed by atoms with Gasteiger partial charge in [-0.05, 0) is 6.07 Å². The first-order valence-corrected chi connectivity index (χ1v) is 4.15. The topological polar surface area (TPSA) is 99.1 Å². The summed E-state index contributed by atoms with van der Waals surface area (Å²) in [6.45, 7) is 0. The number of rotatable bonds is 3. The number of hydrogen-bond donors (Lipinski definition) is 1. The highest BCUT2D eigenvalue weighted by Gasteiger charge is 2.28. The predicted molar refractivity (Wildman–Crippen MR) is 49.4 cm³/mol. The summed E-state index contributed by atoms with van der Waals surface area (Å²) in [5.74, 6) is -1.10. The van der Waals surface area contributed by atoms with E-state index in [0.29, 0.717) is 6.07 Å². The molecule has 0 saturated heterocycles. The van der Waals surface area contributed by atoms with Crippen LogP contribution in [0.25, 0.3) is 0 Å². The van der Waals surface area contributed by atoms with Crippen LogP contribution in [0.4, 0.5) is 14.5 Å². The van der Waals surface area contributed by atoms with E-state index >= 15 is 0 Å². The van der Waals surface area contributed by atoms with Crippen molar-refractivity contribution >= 4 is 23.2 Å². The van der Waals surface area contributed by atoms with Crippen molar-refractivity contribution in [1.29, 1.82) is 0 Å². The fourth-order valence-corrected chi connectivity index (χ4v) is 1.27. The molecule has 86 valence electrons. The molecule has 1 rings (SSSR count). The molecular weight excluding hydrogens is 248 g/mol. The van der Waals surface area contributed by atoms with Gasteiger partial charge >= 0.3 is 5.69 Å². The zero-order valence-corrected chi connectivity index (χ0v) is 8.24. The highest BCUT2D eigenvalue weighted by atomic mass is 35.5. The van der Waals surface area contributed by atoms with Crippen molar-refractivity contribution in [1.82, 2.24) is 4.98 Å². The molecule has 0 unspecified atom stereocenters. The van der Waals surface area contributed by atoms with E-state index in [-0.39, 0.29) is 0 Å². The predicted octanol–water partition coefficient (Wildman–Crippen LogP) is 1.68. The molecule has 16 heavy (non-hydrogen) atoms. The van der Waals surface area contributed by atoms with Gasteiger partial charge in [-0.15, -0.1) is 0 Å². The van der Waals surface area contributed by atoms with Gasteiger partial charge in [-0.25, -0.2) is 13.8 Å². The Balaban J connectivity index is 3.51. The van der Waals surface area contributed by atoms with Crippen LogP contribution in [-0.2, 0) is 0 Å². The Kier molecular flexibility index (Phi) is 3.33. The van der Waals surface area contributed by atoms with E-state index < -0.39 is 39.4 Å².